The fourth-order valence-electron chi connectivity index (χ4n) is 3.66. The summed E-state index contributed by atoms with van der Waals surface area (Å²) in [5.41, 5.74) is 0.861. The molecule has 9 heteroatoms. The maximum atomic E-state index is 13.2. The monoisotopic (exact) mass is 474 g/mol. The standard InChI is InChI=1S/C24H30N2O6S/c1-15(2)26-12-20(32-14-17-8-18(30-4)10-19(9-17)31-5)11-25(13-23(26)28)24(29)22-7-6-21(33-22)16(3)27/h6-10,15,20H,11-14H2,1-5H3. The summed E-state index contributed by atoms with van der Waals surface area (Å²) in [4.78, 5) is 41.9. The second kappa shape index (κ2) is 10.8. The molecule has 1 aliphatic heterocycles. The number of hydrogen-bond acceptors (Lipinski definition) is 7. The Balaban J connectivity index is 1.79. The third kappa shape index (κ3) is 6.11. The van der Waals surface area contributed by atoms with E-state index in [0.717, 1.165) is 16.9 Å². The first-order valence-electron chi connectivity index (χ1n) is 10.7. The summed E-state index contributed by atoms with van der Waals surface area (Å²) in [6.07, 6.45) is -0.382. The molecule has 1 aromatic heterocycles. The highest BCUT2D eigenvalue weighted by atomic mass is 32.1. The smallest absolute Gasteiger partial charge is 0.264 e. The van der Waals surface area contributed by atoms with Crippen LogP contribution in [0, 0.1) is 0 Å². The van der Waals surface area contributed by atoms with E-state index in [2.05, 4.69) is 0 Å². The van der Waals surface area contributed by atoms with Crippen LogP contribution in [0.15, 0.2) is 30.3 Å². The number of nitrogens with zero attached hydrogens (tertiary/aromatic N) is 2. The van der Waals surface area contributed by atoms with Crippen LogP contribution in [-0.2, 0) is 16.1 Å². The van der Waals surface area contributed by atoms with Gasteiger partial charge in [-0.05, 0) is 50.6 Å². The molecule has 2 heterocycles. The third-order valence-corrected chi connectivity index (χ3v) is 6.62. The third-order valence-electron chi connectivity index (χ3n) is 5.44. The molecular formula is C24H30N2O6S. The molecule has 8 nitrogen and oxygen atoms in total. The van der Waals surface area contributed by atoms with Gasteiger partial charge in [-0.1, -0.05) is 0 Å². The molecule has 0 N–H and O–H groups in total. The summed E-state index contributed by atoms with van der Waals surface area (Å²) in [6.45, 7) is 6.24. The number of methoxy groups -OCH3 is 2. The van der Waals surface area contributed by atoms with Gasteiger partial charge < -0.3 is 24.0 Å². The maximum Gasteiger partial charge on any atom is 0.264 e. The zero-order valence-electron chi connectivity index (χ0n) is 19.6. The predicted molar refractivity (Wildman–Crippen MR) is 125 cm³/mol. The fourth-order valence-corrected chi connectivity index (χ4v) is 4.53. The van der Waals surface area contributed by atoms with E-state index >= 15 is 0 Å². The van der Waals surface area contributed by atoms with Crippen molar-refractivity contribution in [1.29, 1.82) is 0 Å². The molecule has 33 heavy (non-hydrogen) atoms. The van der Waals surface area contributed by atoms with Crippen LogP contribution in [0.3, 0.4) is 0 Å². The Labute approximate surface area is 198 Å². The Morgan fingerprint density at radius 2 is 1.70 bits per heavy atom. The summed E-state index contributed by atoms with van der Waals surface area (Å²) in [5, 5.41) is 0. The van der Waals surface area contributed by atoms with Crippen molar-refractivity contribution in [3.05, 3.63) is 45.6 Å². The Morgan fingerprint density at radius 1 is 1.06 bits per heavy atom. The van der Waals surface area contributed by atoms with E-state index in [1.165, 1.54) is 11.8 Å². The number of ether oxygens (including phenoxy) is 3. The average molecular weight is 475 g/mol. The quantitative estimate of drug-likeness (QED) is 0.546. The van der Waals surface area contributed by atoms with Gasteiger partial charge in [-0.2, -0.15) is 0 Å². The van der Waals surface area contributed by atoms with Gasteiger partial charge in [0.1, 0.15) is 18.0 Å². The normalized spacial score (nSPS) is 16.7. The lowest BCUT2D eigenvalue weighted by atomic mass is 10.2. The Bertz CT molecular complexity index is 996. The van der Waals surface area contributed by atoms with Crippen molar-refractivity contribution < 1.29 is 28.6 Å². The van der Waals surface area contributed by atoms with Crippen LogP contribution in [0.4, 0.5) is 0 Å². The summed E-state index contributed by atoms with van der Waals surface area (Å²) in [7, 11) is 3.17. The molecule has 2 aromatic rings. The van der Waals surface area contributed by atoms with Crippen LogP contribution in [-0.4, -0.2) is 73.4 Å². The van der Waals surface area contributed by atoms with Gasteiger partial charge in [0.15, 0.2) is 5.78 Å². The van der Waals surface area contributed by atoms with E-state index in [1.807, 2.05) is 26.0 Å². The summed E-state index contributed by atoms with van der Waals surface area (Å²) >= 11 is 1.14. The molecule has 0 radical (unpaired) electrons. The Kier molecular flexibility index (Phi) is 8.10. The zero-order valence-corrected chi connectivity index (χ0v) is 20.4. The minimum atomic E-state index is -0.382. The van der Waals surface area contributed by atoms with Gasteiger partial charge >= 0.3 is 0 Å². The van der Waals surface area contributed by atoms with Crippen LogP contribution < -0.4 is 9.47 Å². The number of hydrogen-bond donors (Lipinski definition) is 0. The lowest BCUT2D eigenvalue weighted by molar-refractivity contribution is -0.133. The van der Waals surface area contributed by atoms with Gasteiger partial charge in [-0.3, -0.25) is 14.4 Å². The van der Waals surface area contributed by atoms with Crippen molar-refractivity contribution in [2.45, 2.75) is 39.5 Å². The van der Waals surface area contributed by atoms with E-state index in [0.29, 0.717) is 27.8 Å². The highest BCUT2D eigenvalue weighted by Crippen LogP contribution is 2.24. The molecule has 0 aliphatic carbocycles. The molecule has 1 atom stereocenters. The molecule has 178 valence electrons. The number of Topliss-reactive ketones (excluding diaryl/α,β-unsaturated/α-hetero) is 1. The number of thiophene rings is 1. The summed E-state index contributed by atoms with van der Waals surface area (Å²) < 4.78 is 16.8. The van der Waals surface area contributed by atoms with Crippen LogP contribution >= 0.6 is 11.3 Å². The predicted octanol–water partition coefficient (Wildman–Crippen LogP) is 3.25. The second-order valence-corrected chi connectivity index (χ2v) is 9.28. The van der Waals surface area contributed by atoms with Crippen molar-refractivity contribution in [2.75, 3.05) is 33.9 Å². The van der Waals surface area contributed by atoms with Crippen LogP contribution in [0.5, 0.6) is 11.5 Å². The minimum Gasteiger partial charge on any atom is -0.497 e. The molecule has 0 saturated carbocycles. The molecule has 0 bridgehead atoms. The number of rotatable bonds is 8. The first kappa shape index (κ1) is 24.7. The lowest BCUT2D eigenvalue weighted by Crippen LogP contribution is -2.42. The van der Waals surface area contributed by atoms with Crippen LogP contribution in [0.1, 0.15) is 45.7 Å². The highest BCUT2D eigenvalue weighted by molar-refractivity contribution is 7.15. The number of ketones is 1. The summed E-state index contributed by atoms with van der Waals surface area (Å²) in [6, 6.07) is 8.76. The summed E-state index contributed by atoms with van der Waals surface area (Å²) in [5.74, 6) is 0.818. The lowest BCUT2D eigenvalue weighted by Gasteiger charge is -2.27. The van der Waals surface area contributed by atoms with Gasteiger partial charge in [0.05, 0.1) is 36.7 Å². The molecule has 1 unspecified atom stereocenters. The van der Waals surface area contributed by atoms with Crippen molar-refractivity contribution in [3.8, 4) is 11.5 Å². The molecule has 2 amide bonds. The number of amides is 2. The second-order valence-electron chi connectivity index (χ2n) is 8.20. The topological polar surface area (TPSA) is 85.4 Å². The maximum absolute atomic E-state index is 13.2. The molecule has 0 spiro atoms. The van der Waals surface area contributed by atoms with Gasteiger partial charge in [0, 0.05) is 25.2 Å². The van der Waals surface area contributed by atoms with Crippen LogP contribution in [0.2, 0.25) is 0 Å². The zero-order chi connectivity index (χ0) is 24.1. The fraction of sp³-hybridized carbons (Fsp3) is 0.458. The van der Waals surface area contributed by atoms with E-state index in [4.69, 9.17) is 14.2 Å². The van der Waals surface area contributed by atoms with E-state index in [-0.39, 0.29) is 49.4 Å². The minimum absolute atomic E-state index is 0.0263. The SMILES string of the molecule is COc1cc(COC2CN(C(=O)c3ccc(C(C)=O)s3)CC(=O)N(C(C)C)C2)cc(OC)c1. The van der Waals surface area contributed by atoms with Gasteiger partial charge in [-0.15, -0.1) is 11.3 Å². The first-order valence-corrected chi connectivity index (χ1v) is 11.6. The highest BCUT2D eigenvalue weighted by Gasteiger charge is 2.33. The van der Waals surface area contributed by atoms with Crippen molar-refractivity contribution in [1.82, 2.24) is 9.80 Å². The number of carbonyl (C=O) groups excluding carboxylic acids is 3. The molecule has 3 rings (SSSR count). The van der Waals surface area contributed by atoms with Gasteiger partial charge in [0.25, 0.3) is 5.91 Å². The van der Waals surface area contributed by atoms with Crippen molar-refractivity contribution in [2.24, 2.45) is 0 Å². The number of carbonyl (C=O) groups is 3. The van der Waals surface area contributed by atoms with Crippen LogP contribution in [0.25, 0.3) is 0 Å². The molecule has 1 fully saturated rings. The molecular weight excluding hydrogens is 444 g/mol. The molecule has 1 saturated heterocycles. The van der Waals surface area contributed by atoms with Gasteiger partial charge in [0.2, 0.25) is 5.91 Å². The van der Waals surface area contributed by atoms with E-state index in [9.17, 15) is 14.4 Å². The van der Waals surface area contributed by atoms with Crippen molar-refractivity contribution in [3.63, 3.8) is 0 Å². The Morgan fingerprint density at radius 3 is 2.24 bits per heavy atom. The first-order chi connectivity index (χ1) is 15.7. The average Bonchev–Trinajstić information content (AvgIpc) is 3.23. The van der Waals surface area contributed by atoms with Gasteiger partial charge in [-0.25, -0.2) is 0 Å². The molecule has 1 aromatic carbocycles. The largest absolute Gasteiger partial charge is 0.497 e. The van der Waals surface area contributed by atoms with Crippen molar-refractivity contribution >= 4 is 28.9 Å². The van der Waals surface area contributed by atoms with E-state index < -0.39 is 0 Å². The Hall–Kier alpha value is -2.91. The number of benzene rings is 1. The molecule has 1 aliphatic rings. The van der Waals surface area contributed by atoms with E-state index in [1.54, 1.807) is 37.3 Å².